The zero-order valence-corrected chi connectivity index (χ0v) is 31.5. The fourth-order valence-electron chi connectivity index (χ4n) is 7.15. The summed E-state index contributed by atoms with van der Waals surface area (Å²) in [6, 6.07) is 53.8. The van der Waals surface area contributed by atoms with Crippen molar-refractivity contribution >= 4 is 87.6 Å². The molecule has 2 N–H and O–H groups in total. The molecule has 55 heavy (non-hydrogen) atoms. The van der Waals surface area contributed by atoms with E-state index in [2.05, 4.69) is 107 Å². The van der Waals surface area contributed by atoms with Gasteiger partial charge in [-0.05, 0) is 103 Å². The Labute approximate surface area is 328 Å². The predicted octanol–water partition coefficient (Wildman–Crippen LogP) is 12.8. The minimum atomic E-state index is 0.218. The highest BCUT2D eigenvalue weighted by Gasteiger charge is 2.18. The molecule has 4 heterocycles. The lowest BCUT2D eigenvalue weighted by Gasteiger charge is -2.11. The van der Waals surface area contributed by atoms with Crippen molar-refractivity contribution in [2.45, 2.75) is 0 Å². The Morgan fingerprint density at radius 2 is 0.964 bits per heavy atom. The first-order valence-electron chi connectivity index (χ1n) is 17.6. The van der Waals surface area contributed by atoms with Gasteiger partial charge in [-0.25, -0.2) is 9.97 Å². The third kappa shape index (κ3) is 6.08. The van der Waals surface area contributed by atoms with Crippen molar-refractivity contribution in [3.05, 3.63) is 168 Å². The molecule has 0 spiro atoms. The van der Waals surface area contributed by atoms with Crippen molar-refractivity contribution in [1.82, 2.24) is 20.2 Å². The monoisotopic (exact) mass is 760 g/mol. The second-order valence-electron chi connectivity index (χ2n) is 13.0. The first-order chi connectivity index (χ1) is 27.1. The summed E-state index contributed by atoms with van der Waals surface area (Å²) >= 11 is 4.05. The smallest absolute Gasteiger partial charge is 0.166 e. The van der Waals surface area contributed by atoms with Gasteiger partial charge in [0.25, 0.3) is 0 Å². The third-order valence-electron chi connectivity index (χ3n) is 9.71. The molecule has 0 fully saturated rings. The van der Waals surface area contributed by atoms with Crippen molar-refractivity contribution in [2.75, 3.05) is 0 Å². The number of aromatic nitrogens is 4. The van der Waals surface area contributed by atoms with E-state index in [0.717, 1.165) is 75.9 Å². The lowest BCUT2D eigenvalue weighted by molar-refractivity contribution is 1.09. The number of pyridine rings is 2. The topological polar surface area (TPSA) is 99.3 Å². The van der Waals surface area contributed by atoms with Gasteiger partial charge < -0.3 is 0 Å². The van der Waals surface area contributed by atoms with Gasteiger partial charge >= 0.3 is 0 Å². The van der Waals surface area contributed by atoms with Crippen molar-refractivity contribution in [3.63, 3.8) is 0 Å². The van der Waals surface area contributed by atoms with Gasteiger partial charge in [0.2, 0.25) is 0 Å². The zero-order chi connectivity index (χ0) is 36.9. The molecule has 10 rings (SSSR count). The van der Waals surface area contributed by atoms with Gasteiger partial charge in [-0.2, -0.15) is 0 Å². The molecule has 0 saturated heterocycles. The summed E-state index contributed by atoms with van der Waals surface area (Å²) in [6.07, 6.45) is 0. The zero-order valence-electron chi connectivity index (χ0n) is 29.0. The average Bonchev–Trinajstić information content (AvgIpc) is 3.95. The Morgan fingerprint density at radius 3 is 1.62 bits per heavy atom. The summed E-state index contributed by atoms with van der Waals surface area (Å²) in [5.41, 5.74) is 5.07. The van der Waals surface area contributed by atoms with Crippen LogP contribution in [0.1, 0.15) is 10.6 Å². The van der Waals surface area contributed by atoms with Crippen LogP contribution in [-0.4, -0.2) is 30.3 Å². The molecule has 260 valence electrons. The van der Waals surface area contributed by atoms with E-state index in [-0.39, 0.29) is 10.1 Å². The lowest BCUT2D eigenvalue weighted by atomic mass is 9.95. The van der Waals surface area contributed by atoms with E-state index in [1.807, 2.05) is 60.7 Å². The minimum Gasteiger partial charge on any atom is -0.292 e. The van der Waals surface area contributed by atoms with Crippen LogP contribution in [0.15, 0.2) is 158 Å². The third-order valence-corrected chi connectivity index (χ3v) is 12.9. The molecule has 0 aliphatic heterocycles. The van der Waals surface area contributed by atoms with Crippen molar-refractivity contribution in [3.8, 4) is 43.1 Å². The van der Waals surface area contributed by atoms with E-state index >= 15 is 0 Å². The molecule has 6 aromatic carbocycles. The molecular weight excluding hydrogens is 733 g/mol. The Bertz CT molecular complexity index is 3150. The highest BCUT2D eigenvalue weighted by atomic mass is 32.2. The molecule has 0 amide bonds. The SMILES string of the molecule is N=C(SC(=N)c1ccc(-c2nnc(-c3cccc(-c4cc5ccccc5c5ccccc45)n3)s2)s1)c1cccc(-c2cc3ccccc3c3ccccc23)n1. The van der Waals surface area contributed by atoms with Crippen LogP contribution in [0.4, 0.5) is 0 Å². The van der Waals surface area contributed by atoms with Gasteiger partial charge in [-0.3, -0.25) is 10.8 Å². The number of nitrogens with one attached hydrogen (secondary N) is 2. The molecule has 4 aromatic heterocycles. The quantitative estimate of drug-likeness (QED) is 0.0999. The summed E-state index contributed by atoms with van der Waals surface area (Å²) in [5, 5.41) is 38.3. The first-order valence-corrected chi connectivity index (χ1v) is 20.1. The van der Waals surface area contributed by atoms with Crippen LogP contribution in [0.3, 0.4) is 0 Å². The Morgan fingerprint density at radius 1 is 0.436 bits per heavy atom. The maximum atomic E-state index is 8.93. The number of benzene rings is 6. The molecule has 0 bridgehead atoms. The van der Waals surface area contributed by atoms with Gasteiger partial charge in [0.05, 0.1) is 26.8 Å². The van der Waals surface area contributed by atoms with Crippen LogP contribution in [0.5, 0.6) is 0 Å². The van der Waals surface area contributed by atoms with E-state index in [4.69, 9.17) is 20.8 Å². The predicted molar refractivity (Wildman–Crippen MR) is 233 cm³/mol. The number of fused-ring (bicyclic) bond motifs is 6. The highest BCUT2D eigenvalue weighted by molar-refractivity contribution is 8.27. The van der Waals surface area contributed by atoms with E-state index in [1.165, 1.54) is 49.6 Å². The van der Waals surface area contributed by atoms with Crippen LogP contribution in [-0.2, 0) is 0 Å². The Balaban J connectivity index is 0.887. The molecule has 9 heteroatoms. The van der Waals surface area contributed by atoms with Crippen LogP contribution < -0.4 is 0 Å². The van der Waals surface area contributed by atoms with Gasteiger partial charge in [0.15, 0.2) is 10.0 Å². The number of hydrogen-bond acceptors (Lipinski definition) is 9. The van der Waals surface area contributed by atoms with E-state index in [1.54, 1.807) is 0 Å². The van der Waals surface area contributed by atoms with E-state index in [0.29, 0.717) is 5.69 Å². The number of rotatable bonds is 6. The van der Waals surface area contributed by atoms with Crippen molar-refractivity contribution in [2.24, 2.45) is 0 Å². The number of thiophene rings is 1. The fourth-order valence-corrected chi connectivity index (χ4v) is 9.71. The van der Waals surface area contributed by atoms with Crippen LogP contribution in [0, 0.1) is 10.8 Å². The van der Waals surface area contributed by atoms with Gasteiger partial charge in [0, 0.05) is 11.1 Å². The molecule has 0 unspecified atom stereocenters. The number of hydrogen-bond donors (Lipinski definition) is 2. The fraction of sp³-hybridized carbons (Fsp3) is 0. The normalized spacial score (nSPS) is 11.5. The maximum Gasteiger partial charge on any atom is 0.166 e. The number of nitrogens with zero attached hydrogens (tertiary/aromatic N) is 4. The molecule has 0 radical (unpaired) electrons. The highest BCUT2D eigenvalue weighted by Crippen LogP contribution is 2.38. The second kappa shape index (κ2) is 13.8. The minimum absolute atomic E-state index is 0.218. The standard InChI is InChI=1S/C46H28N6S3/c47-43(39-21-9-19-37(49-39)35-25-27-11-1-3-13-29(27)31-15-5-7-17-33(31)35)54-44(48)41-23-24-42(53-41)46-52-51-45(55-46)40-22-10-20-38(50-40)36-26-28-12-2-4-14-30(28)32-16-6-8-18-34(32)36/h1-26,47-48H. The van der Waals surface area contributed by atoms with Crippen molar-refractivity contribution < 1.29 is 0 Å². The summed E-state index contributed by atoms with van der Waals surface area (Å²) in [6.45, 7) is 0. The molecule has 0 aliphatic carbocycles. The lowest BCUT2D eigenvalue weighted by Crippen LogP contribution is -2.03. The molecule has 0 saturated carbocycles. The van der Waals surface area contributed by atoms with E-state index in [9.17, 15) is 0 Å². The van der Waals surface area contributed by atoms with Crippen LogP contribution in [0.2, 0.25) is 0 Å². The van der Waals surface area contributed by atoms with Crippen molar-refractivity contribution in [1.29, 1.82) is 10.8 Å². The molecule has 0 aliphatic rings. The molecular formula is C46H28N6S3. The summed E-state index contributed by atoms with van der Waals surface area (Å²) in [4.78, 5) is 11.7. The Hall–Kier alpha value is -6.39. The first kappa shape index (κ1) is 33.2. The second-order valence-corrected chi connectivity index (χ2v) is 16.1. The molecule has 0 atom stereocenters. The van der Waals surface area contributed by atoms with E-state index < -0.39 is 0 Å². The Kier molecular flexibility index (Phi) is 8.32. The van der Waals surface area contributed by atoms with Crippen LogP contribution >= 0.6 is 34.4 Å². The summed E-state index contributed by atoms with van der Waals surface area (Å²) in [7, 11) is 0. The van der Waals surface area contributed by atoms with Crippen LogP contribution in [0.25, 0.3) is 86.2 Å². The van der Waals surface area contributed by atoms with Gasteiger partial charge in [-0.1, -0.05) is 121 Å². The number of thioether (sulfide) groups is 1. The molecule has 6 nitrogen and oxygen atoms in total. The maximum absolute atomic E-state index is 8.93. The largest absolute Gasteiger partial charge is 0.292 e. The summed E-state index contributed by atoms with van der Waals surface area (Å²) in [5.74, 6) is 0. The summed E-state index contributed by atoms with van der Waals surface area (Å²) < 4.78 is 0. The average molecular weight is 761 g/mol. The molecule has 10 aromatic rings. The van der Waals surface area contributed by atoms with Gasteiger partial charge in [0.1, 0.15) is 15.8 Å². The van der Waals surface area contributed by atoms with Gasteiger partial charge in [-0.15, -0.1) is 21.5 Å².